The van der Waals surface area contributed by atoms with Crippen molar-refractivity contribution in [2.24, 2.45) is 0 Å². The molecule has 12 nitrogen and oxygen atoms in total. The molecule has 0 amide bonds. The van der Waals surface area contributed by atoms with Gasteiger partial charge in [-0.05, 0) is 78.7 Å². The average Bonchev–Trinajstić information content (AvgIpc) is 3.07. The van der Waals surface area contributed by atoms with E-state index in [0.29, 0.717) is 11.1 Å². The first-order chi connectivity index (χ1) is 23.6. The van der Waals surface area contributed by atoms with Crippen LogP contribution < -0.4 is 10.2 Å². The minimum absolute atomic E-state index is 0.0448. The Labute approximate surface area is 279 Å². The van der Waals surface area contributed by atoms with Crippen molar-refractivity contribution in [3.63, 3.8) is 0 Å². The number of phenolic OH excluding ortho intramolecular Hbond substituents is 5. The lowest BCUT2D eigenvalue weighted by molar-refractivity contribution is -0.269. The molecule has 5 atom stereocenters. The van der Waals surface area contributed by atoms with E-state index in [1.54, 1.807) is 43.3 Å². The number of hydrogen-bond donors (Lipinski definition) is 6. The third-order valence-electron chi connectivity index (χ3n) is 7.81. The molecule has 0 spiro atoms. The molecule has 1 saturated heterocycles. The molecule has 6 rings (SSSR count). The van der Waals surface area contributed by atoms with E-state index in [1.807, 2.05) is 0 Å². The van der Waals surface area contributed by atoms with Crippen molar-refractivity contribution in [1.29, 1.82) is 0 Å². The lowest BCUT2D eigenvalue weighted by Gasteiger charge is -2.42. The molecule has 1 aliphatic rings. The normalized spacial score (nSPS) is 20.9. The second-order valence-corrected chi connectivity index (χ2v) is 11.3. The van der Waals surface area contributed by atoms with Crippen molar-refractivity contribution in [1.82, 2.24) is 0 Å². The Bertz CT molecular complexity index is 2030. The topological polar surface area (TPSA) is 189 Å². The SMILES string of the molecule is C[C@@H]1O[C@@H](Oc2c(-c3ccc(O)cc3)oc3cc(O)cc(O)c3c2=O)[C@H](O/C=C/c2ccc(O)cc2)[C@H](O)[C@H]1O/C=C/c1ccc(O)cc1. The van der Waals surface area contributed by atoms with E-state index in [2.05, 4.69) is 0 Å². The number of aromatic hydroxyl groups is 5. The zero-order valence-corrected chi connectivity index (χ0v) is 25.9. The van der Waals surface area contributed by atoms with E-state index in [4.69, 9.17) is 23.4 Å². The van der Waals surface area contributed by atoms with Gasteiger partial charge in [0.2, 0.25) is 17.5 Å². The predicted octanol–water partition coefficient (Wildman–Crippen LogP) is 5.58. The fraction of sp³-hybridized carbons (Fsp3) is 0.162. The number of ether oxygens (including phenoxy) is 4. The first-order valence-corrected chi connectivity index (χ1v) is 15.1. The van der Waals surface area contributed by atoms with Crippen LogP contribution in [-0.2, 0) is 14.2 Å². The molecule has 0 unspecified atom stereocenters. The van der Waals surface area contributed by atoms with E-state index >= 15 is 0 Å². The average molecular weight is 669 g/mol. The van der Waals surface area contributed by atoms with Gasteiger partial charge in [-0.1, -0.05) is 24.3 Å². The minimum Gasteiger partial charge on any atom is -0.508 e. The molecule has 2 heterocycles. The summed E-state index contributed by atoms with van der Waals surface area (Å²) in [6.07, 6.45) is -0.0232. The van der Waals surface area contributed by atoms with Gasteiger partial charge in [-0.2, -0.15) is 0 Å². The molecule has 5 aromatic rings. The smallest absolute Gasteiger partial charge is 0.240 e. The predicted molar refractivity (Wildman–Crippen MR) is 178 cm³/mol. The summed E-state index contributed by atoms with van der Waals surface area (Å²) in [6, 6.07) is 20.5. The zero-order chi connectivity index (χ0) is 34.7. The Hall–Kier alpha value is -6.11. The second kappa shape index (κ2) is 13.9. The van der Waals surface area contributed by atoms with Crippen LogP contribution in [0.15, 0.2) is 107 Å². The Morgan fingerprint density at radius 1 is 0.694 bits per heavy atom. The van der Waals surface area contributed by atoms with Crippen LogP contribution in [0.1, 0.15) is 18.1 Å². The van der Waals surface area contributed by atoms with E-state index in [9.17, 15) is 35.4 Å². The molecular weight excluding hydrogens is 636 g/mol. The van der Waals surface area contributed by atoms with E-state index in [-0.39, 0.29) is 39.7 Å². The third kappa shape index (κ3) is 7.25. The molecular formula is C37H32O12. The molecule has 1 fully saturated rings. The largest absolute Gasteiger partial charge is 0.508 e. The lowest BCUT2D eigenvalue weighted by atomic mass is 9.99. The van der Waals surface area contributed by atoms with Gasteiger partial charge in [0.25, 0.3) is 0 Å². The molecule has 4 aromatic carbocycles. The van der Waals surface area contributed by atoms with Crippen molar-refractivity contribution < 1.29 is 54.0 Å². The Kier molecular flexibility index (Phi) is 9.33. The molecule has 0 radical (unpaired) electrons. The van der Waals surface area contributed by atoms with Crippen LogP contribution in [0.4, 0.5) is 0 Å². The van der Waals surface area contributed by atoms with Gasteiger partial charge in [-0.25, -0.2) is 0 Å². The first-order valence-electron chi connectivity index (χ1n) is 15.1. The van der Waals surface area contributed by atoms with Crippen molar-refractivity contribution in [2.75, 3.05) is 0 Å². The van der Waals surface area contributed by atoms with Crippen LogP contribution in [0.3, 0.4) is 0 Å². The first kappa shape index (κ1) is 32.8. The molecule has 1 aromatic heterocycles. The minimum atomic E-state index is -1.44. The summed E-state index contributed by atoms with van der Waals surface area (Å²) in [5.74, 6) is -1.26. The van der Waals surface area contributed by atoms with Crippen molar-refractivity contribution in [2.45, 2.75) is 37.6 Å². The van der Waals surface area contributed by atoms with Gasteiger partial charge in [0, 0.05) is 17.7 Å². The highest BCUT2D eigenvalue weighted by atomic mass is 16.7. The highest BCUT2D eigenvalue weighted by Crippen LogP contribution is 2.38. The van der Waals surface area contributed by atoms with Gasteiger partial charge in [0.1, 0.15) is 45.8 Å². The van der Waals surface area contributed by atoms with E-state index in [1.165, 1.54) is 67.1 Å². The maximum absolute atomic E-state index is 13.9. The number of fused-ring (bicyclic) bond motifs is 1. The van der Waals surface area contributed by atoms with Crippen LogP contribution in [0, 0.1) is 0 Å². The molecule has 49 heavy (non-hydrogen) atoms. The molecule has 1 aliphatic heterocycles. The van der Waals surface area contributed by atoms with Gasteiger partial charge >= 0.3 is 0 Å². The number of phenols is 5. The number of aliphatic hydroxyl groups is 1. The summed E-state index contributed by atoms with van der Waals surface area (Å²) in [4.78, 5) is 13.9. The molecule has 6 N–H and O–H groups in total. The summed E-state index contributed by atoms with van der Waals surface area (Å²) in [5, 5.41) is 61.0. The van der Waals surface area contributed by atoms with Crippen LogP contribution in [-0.4, -0.2) is 61.3 Å². The summed E-state index contributed by atoms with van der Waals surface area (Å²) in [7, 11) is 0. The highest BCUT2D eigenvalue weighted by Gasteiger charge is 2.48. The fourth-order valence-corrected chi connectivity index (χ4v) is 5.30. The molecule has 252 valence electrons. The molecule has 0 saturated carbocycles. The van der Waals surface area contributed by atoms with Crippen molar-refractivity contribution >= 4 is 23.1 Å². The molecule has 12 heteroatoms. The van der Waals surface area contributed by atoms with Gasteiger partial charge in [0.05, 0.1) is 18.6 Å². The lowest BCUT2D eigenvalue weighted by Crippen LogP contribution is -2.59. The number of rotatable bonds is 9. The molecule has 0 aliphatic carbocycles. The van der Waals surface area contributed by atoms with Gasteiger partial charge in [-0.3, -0.25) is 4.79 Å². The fourth-order valence-electron chi connectivity index (χ4n) is 5.30. The molecule has 0 bridgehead atoms. The van der Waals surface area contributed by atoms with Gasteiger partial charge in [0.15, 0.2) is 18.0 Å². The summed E-state index contributed by atoms with van der Waals surface area (Å²) in [6.45, 7) is 1.64. The number of hydrogen-bond acceptors (Lipinski definition) is 12. The second-order valence-electron chi connectivity index (χ2n) is 11.3. The van der Waals surface area contributed by atoms with Crippen LogP contribution in [0.25, 0.3) is 34.4 Å². The maximum atomic E-state index is 13.9. The van der Waals surface area contributed by atoms with E-state index in [0.717, 1.165) is 11.6 Å². The summed E-state index contributed by atoms with van der Waals surface area (Å²) in [5.41, 5.74) is 0.770. The quantitative estimate of drug-likeness (QED) is 0.107. The zero-order valence-electron chi connectivity index (χ0n) is 25.9. The van der Waals surface area contributed by atoms with Crippen LogP contribution in [0.2, 0.25) is 0 Å². The third-order valence-corrected chi connectivity index (χ3v) is 7.81. The van der Waals surface area contributed by atoms with Crippen molar-refractivity contribution in [3.05, 3.63) is 119 Å². The van der Waals surface area contributed by atoms with Crippen LogP contribution >= 0.6 is 0 Å². The Morgan fingerprint density at radius 3 is 1.80 bits per heavy atom. The Balaban J connectivity index is 1.36. The highest BCUT2D eigenvalue weighted by molar-refractivity contribution is 5.88. The standard InChI is InChI=1S/C37H32O12/c1-20-33(45-16-14-21-2-8-24(38)9-3-21)32(44)36(46-17-15-22-4-10-25(39)11-5-22)37(47-20)49-35-31(43)30-28(42)18-27(41)19-29(30)48-34(35)23-6-12-26(40)13-7-23/h2-20,32-33,36-42,44H,1H3/b16-14+,17-15+/t20-,32+,33-,36+,37-/m0/s1. The van der Waals surface area contributed by atoms with Crippen LogP contribution in [0.5, 0.6) is 34.5 Å². The number of aliphatic hydroxyl groups excluding tert-OH is 1. The number of benzene rings is 4. The van der Waals surface area contributed by atoms with Gasteiger partial charge < -0.3 is 54.0 Å². The summed E-state index contributed by atoms with van der Waals surface area (Å²) >= 11 is 0. The maximum Gasteiger partial charge on any atom is 0.240 e. The van der Waals surface area contributed by atoms with Crippen molar-refractivity contribution in [3.8, 4) is 45.8 Å². The Morgan fingerprint density at radius 2 is 1.22 bits per heavy atom. The van der Waals surface area contributed by atoms with E-state index < -0.39 is 47.6 Å². The van der Waals surface area contributed by atoms with Gasteiger partial charge in [-0.15, -0.1) is 0 Å². The monoisotopic (exact) mass is 668 g/mol. The summed E-state index contributed by atoms with van der Waals surface area (Å²) < 4.78 is 30.2.